The summed E-state index contributed by atoms with van der Waals surface area (Å²) in [7, 11) is -1.23. The lowest BCUT2D eigenvalue weighted by Gasteiger charge is -2.15. The summed E-state index contributed by atoms with van der Waals surface area (Å²) in [4.78, 5) is 7.92. The molecule has 0 saturated heterocycles. The van der Waals surface area contributed by atoms with E-state index >= 15 is 0 Å². The zero-order chi connectivity index (χ0) is 16.5. The minimum atomic E-state index is -4.47. The number of rotatable bonds is 5. The molecule has 0 unspecified atom stereocenters. The third-order valence-electron chi connectivity index (χ3n) is 3.07. The quantitative estimate of drug-likeness (QED) is 0.551. The zero-order valence-corrected chi connectivity index (χ0v) is 15.1. The SMILES string of the molecule is C[Si](C)(C)CCOCn1cc(C(F)(F)F)c2nc(Br)cnc21. The maximum atomic E-state index is 13.1. The van der Waals surface area contributed by atoms with Gasteiger partial charge in [0.25, 0.3) is 0 Å². The number of nitrogens with zero attached hydrogens (tertiary/aromatic N) is 3. The van der Waals surface area contributed by atoms with Crippen molar-refractivity contribution in [2.45, 2.75) is 38.6 Å². The molecule has 2 rings (SSSR count). The Bertz CT molecular complexity index is 667. The van der Waals surface area contributed by atoms with Crippen LogP contribution in [0.3, 0.4) is 0 Å². The highest BCUT2D eigenvalue weighted by atomic mass is 79.9. The van der Waals surface area contributed by atoms with Gasteiger partial charge in [-0.3, -0.25) is 0 Å². The van der Waals surface area contributed by atoms with Crippen molar-refractivity contribution in [3.8, 4) is 0 Å². The molecule has 0 aliphatic carbocycles. The van der Waals surface area contributed by atoms with Gasteiger partial charge in [-0.2, -0.15) is 13.2 Å². The number of hydrogen-bond donors (Lipinski definition) is 0. The van der Waals surface area contributed by atoms with E-state index in [0.717, 1.165) is 12.2 Å². The van der Waals surface area contributed by atoms with Crippen LogP contribution in [0.2, 0.25) is 25.7 Å². The zero-order valence-electron chi connectivity index (χ0n) is 12.5. The van der Waals surface area contributed by atoms with Crippen molar-refractivity contribution < 1.29 is 17.9 Å². The predicted molar refractivity (Wildman–Crippen MR) is 84.3 cm³/mol. The largest absolute Gasteiger partial charge is 0.420 e. The van der Waals surface area contributed by atoms with Crippen LogP contribution in [0.5, 0.6) is 0 Å². The fourth-order valence-electron chi connectivity index (χ4n) is 1.88. The highest BCUT2D eigenvalue weighted by Crippen LogP contribution is 2.35. The number of fused-ring (bicyclic) bond motifs is 1. The number of halogens is 4. The summed E-state index contributed by atoms with van der Waals surface area (Å²) in [5.41, 5.74) is -0.802. The Kier molecular flexibility index (Phi) is 4.98. The summed E-state index contributed by atoms with van der Waals surface area (Å²) in [6.45, 7) is 7.21. The van der Waals surface area contributed by atoms with Crippen LogP contribution in [0, 0.1) is 0 Å². The van der Waals surface area contributed by atoms with Gasteiger partial charge in [-0.25, -0.2) is 9.97 Å². The van der Waals surface area contributed by atoms with Gasteiger partial charge < -0.3 is 9.30 Å². The summed E-state index contributed by atoms with van der Waals surface area (Å²) in [5.74, 6) is 0. The lowest BCUT2D eigenvalue weighted by molar-refractivity contribution is -0.136. The minimum absolute atomic E-state index is 0.0351. The molecule has 0 atom stereocenters. The average Bonchev–Trinajstić information content (AvgIpc) is 2.71. The Hall–Kier alpha value is -0.933. The summed E-state index contributed by atoms with van der Waals surface area (Å²) >= 11 is 3.05. The van der Waals surface area contributed by atoms with E-state index in [-0.39, 0.29) is 22.5 Å². The molecule has 9 heteroatoms. The molecule has 2 aromatic rings. The molecule has 0 aliphatic heterocycles. The van der Waals surface area contributed by atoms with Crippen LogP contribution in [0.4, 0.5) is 13.2 Å². The summed E-state index contributed by atoms with van der Waals surface area (Å²) in [6.07, 6.45) is -2.09. The van der Waals surface area contributed by atoms with Crippen molar-refractivity contribution in [2.24, 2.45) is 0 Å². The maximum absolute atomic E-state index is 13.1. The topological polar surface area (TPSA) is 39.9 Å². The first-order valence-electron chi connectivity index (χ1n) is 6.74. The van der Waals surface area contributed by atoms with Crippen LogP contribution in [0.15, 0.2) is 17.0 Å². The lowest BCUT2D eigenvalue weighted by Crippen LogP contribution is -2.22. The van der Waals surface area contributed by atoms with Gasteiger partial charge in [0.15, 0.2) is 5.65 Å². The normalized spacial score (nSPS) is 13.0. The Balaban J connectivity index is 2.23. The van der Waals surface area contributed by atoms with Gasteiger partial charge in [0.05, 0.1) is 6.20 Å². The first-order chi connectivity index (χ1) is 10.1. The summed E-state index contributed by atoms with van der Waals surface area (Å²) < 4.78 is 46.4. The molecule has 2 aromatic heterocycles. The van der Waals surface area contributed by atoms with Crippen molar-refractivity contribution in [1.29, 1.82) is 0 Å². The third-order valence-corrected chi connectivity index (χ3v) is 5.15. The van der Waals surface area contributed by atoms with E-state index in [9.17, 15) is 13.2 Å². The van der Waals surface area contributed by atoms with Crippen molar-refractivity contribution in [1.82, 2.24) is 14.5 Å². The van der Waals surface area contributed by atoms with E-state index < -0.39 is 19.8 Å². The van der Waals surface area contributed by atoms with Crippen molar-refractivity contribution in [3.05, 3.63) is 22.6 Å². The van der Waals surface area contributed by atoms with E-state index in [1.165, 1.54) is 10.8 Å². The van der Waals surface area contributed by atoms with Gasteiger partial charge >= 0.3 is 6.18 Å². The van der Waals surface area contributed by atoms with Gasteiger partial charge in [0.1, 0.15) is 22.4 Å². The van der Waals surface area contributed by atoms with Crippen LogP contribution < -0.4 is 0 Å². The molecule has 2 heterocycles. The third kappa shape index (κ3) is 4.29. The molecule has 0 radical (unpaired) electrons. The Morgan fingerprint density at radius 2 is 2.00 bits per heavy atom. The highest BCUT2D eigenvalue weighted by molar-refractivity contribution is 9.10. The van der Waals surface area contributed by atoms with E-state index in [1.54, 1.807) is 0 Å². The fraction of sp³-hybridized carbons (Fsp3) is 0.538. The second-order valence-corrected chi connectivity index (χ2v) is 12.7. The molecular weight excluding hydrogens is 379 g/mol. The minimum Gasteiger partial charge on any atom is -0.361 e. The van der Waals surface area contributed by atoms with Crippen molar-refractivity contribution in [3.63, 3.8) is 0 Å². The molecule has 0 aromatic carbocycles. The molecule has 0 amide bonds. The standard InChI is InChI=1S/C13H17BrF3N3OSi/c1-22(2,3)5-4-21-8-20-7-9(13(15,16)17)11-12(20)18-6-10(14)19-11/h6-7H,4-5,8H2,1-3H3. The van der Waals surface area contributed by atoms with Gasteiger partial charge in [-0.05, 0) is 22.0 Å². The second-order valence-electron chi connectivity index (χ2n) is 6.22. The molecule has 0 spiro atoms. The molecule has 0 fully saturated rings. The number of aromatic nitrogens is 3. The first-order valence-corrected chi connectivity index (χ1v) is 11.2. The first kappa shape index (κ1) is 17.4. The van der Waals surface area contributed by atoms with Gasteiger partial charge in [-0.1, -0.05) is 19.6 Å². The average molecular weight is 396 g/mol. The summed E-state index contributed by atoms with van der Waals surface area (Å²) in [6, 6.07) is 0.954. The van der Waals surface area contributed by atoms with Crippen molar-refractivity contribution >= 4 is 35.2 Å². The number of ether oxygens (including phenoxy) is 1. The van der Waals surface area contributed by atoms with E-state index in [1.807, 2.05) is 0 Å². The van der Waals surface area contributed by atoms with Gasteiger partial charge in [-0.15, -0.1) is 0 Å². The van der Waals surface area contributed by atoms with Crippen LogP contribution in [-0.2, 0) is 17.6 Å². The molecule has 0 N–H and O–H groups in total. The second kappa shape index (κ2) is 6.29. The van der Waals surface area contributed by atoms with Crippen LogP contribution in [0.25, 0.3) is 11.2 Å². The summed E-state index contributed by atoms with van der Waals surface area (Å²) in [5, 5.41) is 0. The number of hydrogen-bond acceptors (Lipinski definition) is 3. The fourth-order valence-corrected chi connectivity index (χ4v) is 2.91. The van der Waals surface area contributed by atoms with Crippen LogP contribution in [-0.4, -0.2) is 29.2 Å². The maximum Gasteiger partial charge on any atom is 0.420 e. The molecule has 0 bridgehead atoms. The van der Waals surface area contributed by atoms with E-state index in [2.05, 4.69) is 45.5 Å². The Morgan fingerprint density at radius 1 is 1.32 bits per heavy atom. The predicted octanol–water partition coefficient (Wildman–Crippen LogP) is 4.52. The van der Waals surface area contributed by atoms with Crippen LogP contribution >= 0.6 is 15.9 Å². The molecule has 0 saturated carbocycles. The van der Waals surface area contributed by atoms with Crippen molar-refractivity contribution in [2.75, 3.05) is 6.61 Å². The molecular formula is C13H17BrF3N3OSi. The van der Waals surface area contributed by atoms with E-state index in [0.29, 0.717) is 6.61 Å². The van der Waals surface area contributed by atoms with E-state index in [4.69, 9.17) is 4.74 Å². The number of alkyl halides is 3. The lowest BCUT2D eigenvalue weighted by atomic mass is 10.3. The molecule has 122 valence electrons. The van der Waals surface area contributed by atoms with Crippen LogP contribution in [0.1, 0.15) is 5.56 Å². The smallest absolute Gasteiger partial charge is 0.361 e. The molecule has 0 aliphatic rings. The van der Waals surface area contributed by atoms with Gasteiger partial charge in [0, 0.05) is 20.9 Å². The molecule has 22 heavy (non-hydrogen) atoms. The highest BCUT2D eigenvalue weighted by Gasteiger charge is 2.36. The molecule has 4 nitrogen and oxygen atoms in total. The Morgan fingerprint density at radius 3 is 2.59 bits per heavy atom. The Labute approximate surface area is 135 Å². The van der Waals surface area contributed by atoms with Gasteiger partial charge in [0.2, 0.25) is 0 Å². The monoisotopic (exact) mass is 395 g/mol.